The number of hydrogen-bond acceptors (Lipinski definition) is 15. The predicted octanol–water partition coefficient (Wildman–Crippen LogP) is 20.1. The Hall–Kier alpha value is -1.94. The summed E-state index contributed by atoms with van der Waals surface area (Å²) in [4.78, 5) is 72.5. The van der Waals surface area contributed by atoms with Gasteiger partial charge in [0, 0.05) is 25.7 Å². The number of carbonyl (C=O) groups excluding carboxylic acids is 4. The fraction of sp³-hybridized carbons (Fsp3) is 0.944. The maximum absolute atomic E-state index is 13.0. The third-order valence-electron chi connectivity index (χ3n) is 16.3. The number of aliphatic hydroxyl groups excluding tert-OH is 1. The van der Waals surface area contributed by atoms with Crippen LogP contribution >= 0.6 is 15.6 Å². The van der Waals surface area contributed by atoms with Crippen LogP contribution in [0.4, 0.5) is 0 Å². The molecular formula is C71H138O17P2. The van der Waals surface area contributed by atoms with Gasteiger partial charge in [-0.25, -0.2) is 9.13 Å². The summed E-state index contributed by atoms with van der Waals surface area (Å²) in [5.41, 5.74) is 0. The molecule has 0 aliphatic rings. The molecule has 2 unspecified atom stereocenters. The summed E-state index contributed by atoms with van der Waals surface area (Å²) >= 11 is 0. The van der Waals surface area contributed by atoms with Crippen molar-refractivity contribution in [3.8, 4) is 0 Å². The highest BCUT2D eigenvalue weighted by atomic mass is 31.2. The number of rotatable bonds is 68. The van der Waals surface area contributed by atoms with Crippen molar-refractivity contribution in [1.29, 1.82) is 0 Å². The highest BCUT2D eigenvalue weighted by molar-refractivity contribution is 7.47. The van der Waals surface area contributed by atoms with E-state index < -0.39 is 97.5 Å². The molecule has 0 radical (unpaired) electrons. The monoisotopic (exact) mass is 1320 g/mol. The molecule has 5 atom stereocenters. The van der Waals surface area contributed by atoms with Gasteiger partial charge in [-0.05, 0) is 49.4 Å². The van der Waals surface area contributed by atoms with Crippen LogP contribution in [0.15, 0.2) is 0 Å². The molecule has 0 aromatic heterocycles. The van der Waals surface area contributed by atoms with E-state index in [4.69, 9.17) is 37.0 Å². The van der Waals surface area contributed by atoms with Gasteiger partial charge in [-0.2, -0.15) is 0 Å². The first-order chi connectivity index (χ1) is 43.1. The molecule has 19 heteroatoms. The van der Waals surface area contributed by atoms with Crippen LogP contribution in [0.2, 0.25) is 0 Å². The van der Waals surface area contributed by atoms with Crippen LogP contribution in [0.5, 0.6) is 0 Å². The van der Waals surface area contributed by atoms with E-state index in [0.29, 0.717) is 31.6 Å². The van der Waals surface area contributed by atoms with Crippen LogP contribution in [0, 0.1) is 23.7 Å². The van der Waals surface area contributed by atoms with Crippen LogP contribution in [-0.2, 0) is 65.4 Å². The zero-order chi connectivity index (χ0) is 66.8. The van der Waals surface area contributed by atoms with Crippen molar-refractivity contribution < 1.29 is 80.2 Å². The molecule has 90 heavy (non-hydrogen) atoms. The summed E-state index contributed by atoms with van der Waals surface area (Å²) in [6.07, 6.45) is 43.3. The maximum atomic E-state index is 13.0. The van der Waals surface area contributed by atoms with Crippen molar-refractivity contribution in [3.05, 3.63) is 0 Å². The fourth-order valence-electron chi connectivity index (χ4n) is 10.7. The highest BCUT2D eigenvalue weighted by Gasteiger charge is 2.30. The van der Waals surface area contributed by atoms with Crippen molar-refractivity contribution in [2.75, 3.05) is 39.6 Å². The summed E-state index contributed by atoms with van der Waals surface area (Å²) < 4.78 is 68.3. The first kappa shape index (κ1) is 88.1. The number of hydrogen-bond donors (Lipinski definition) is 3. The second-order valence-corrected chi connectivity index (χ2v) is 30.4. The third-order valence-corrected chi connectivity index (χ3v) is 18.2. The first-order valence-electron chi connectivity index (χ1n) is 36.7. The van der Waals surface area contributed by atoms with E-state index in [0.717, 1.165) is 114 Å². The molecule has 0 aromatic carbocycles. The number of phosphoric acid groups is 2. The Balaban J connectivity index is 5.22. The summed E-state index contributed by atoms with van der Waals surface area (Å²) in [7, 11) is -9.90. The lowest BCUT2D eigenvalue weighted by Crippen LogP contribution is -2.30. The van der Waals surface area contributed by atoms with E-state index in [1.807, 2.05) is 0 Å². The molecule has 0 saturated carbocycles. The molecule has 17 nitrogen and oxygen atoms in total. The molecule has 3 N–H and O–H groups in total. The zero-order valence-electron chi connectivity index (χ0n) is 58.8. The summed E-state index contributed by atoms with van der Waals surface area (Å²) in [5, 5.41) is 10.6. The van der Waals surface area contributed by atoms with Gasteiger partial charge in [-0.15, -0.1) is 0 Å². The summed E-state index contributed by atoms with van der Waals surface area (Å²) in [6.45, 7) is 14.0. The number of carbonyl (C=O) groups is 4. The molecule has 0 bridgehead atoms. The van der Waals surface area contributed by atoms with Gasteiger partial charge in [0.1, 0.15) is 19.3 Å². The van der Waals surface area contributed by atoms with Gasteiger partial charge < -0.3 is 33.8 Å². The van der Waals surface area contributed by atoms with Crippen molar-refractivity contribution in [3.63, 3.8) is 0 Å². The van der Waals surface area contributed by atoms with Gasteiger partial charge in [0.25, 0.3) is 0 Å². The molecule has 0 amide bonds. The van der Waals surface area contributed by atoms with Gasteiger partial charge in [-0.1, -0.05) is 299 Å². The van der Waals surface area contributed by atoms with Gasteiger partial charge in [0.15, 0.2) is 12.2 Å². The van der Waals surface area contributed by atoms with Gasteiger partial charge in [0.05, 0.1) is 26.4 Å². The molecule has 0 heterocycles. The second kappa shape index (κ2) is 60.7. The Morgan fingerprint density at radius 2 is 0.467 bits per heavy atom. The Bertz CT molecular complexity index is 1780. The largest absolute Gasteiger partial charge is 0.472 e. The smallest absolute Gasteiger partial charge is 0.462 e. The Labute approximate surface area is 549 Å². The fourth-order valence-corrected chi connectivity index (χ4v) is 12.2. The predicted molar refractivity (Wildman–Crippen MR) is 363 cm³/mol. The molecule has 534 valence electrons. The quantitative estimate of drug-likeness (QED) is 0.0222. The van der Waals surface area contributed by atoms with E-state index in [1.54, 1.807) is 0 Å². The normalized spacial score (nSPS) is 14.3. The zero-order valence-corrected chi connectivity index (χ0v) is 60.6. The van der Waals surface area contributed by atoms with E-state index >= 15 is 0 Å². The van der Waals surface area contributed by atoms with Gasteiger partial charge >= 0.3 is 39.5 Å². The van der Waals surface area contributed by atoms with Crippen LogP contribution in [0.1, 0.15) is 351 Å². The average molecular weight is 1330 g/mol. The van der Waals surface area contributed by atoms with Gasteiger partial charge in [0.2, 0.25) is 0 Å². The molecule has 0 aliphatic carbocycles. The van der Waals surface area contributed by atoms with Crippen LogP contribution in [0.3, 0.4) is 0 Å². The van der Waals surface area contributed by atoms with Crippen LogP contribution < -0.4 is 0 Å². The SMILES string of the molecule is CC(C)CCCCCCCCCCCCCCCCCC(=O)O[C@H](COC(=O)CCCCCCCCCCCC(C)C)COP(=O)(O)OC[C@@H](O)COP(=O)(O)OC[C@@H](COC(=O)CCCCCCCCC(C)C)OC(=O)CCCCCCCCCCC(C)C. The minimum absolute atomic E-state index is 0.103. The number of phosphoric ester groups is 2. The Morgan fingerprint density at radius 1 is 0.278 bits per heavy atom. The Morgan fingerprint density at radius 3 is 0.689 bits per heavy atom. The second-order valence-electron chi connectivity index (χ2n) is 27.5. The number of unbranched alkanes of at least 4 members (excludes halogenated alkanes) is 34. The summed E-state index contributed by atoms with van der Waals surface area (Å²) in [6, 6.07) is 0. The van der Waals surface area contributed by atoms with Crippen molar-refractivity contribution in [2.24, 2.45) is 23.7 Å². The first-order valence-corrected chi connectivity index (χ1v) is 39.7. The number of aliphatic hydroxyl groups is 1. The standard InChI is InChI=1S/C71H138O17P2/c1-61(2)47-39-31-23-17-14-12-10-9-11-13-15-19-27-37-45-53-70(75)87-66(57-81-68(73)51-43-35-26-20-16-18-24-32-40-48-62(3)4)59-85-89(77,78)83-55-65(72)56-84-90(79,80)86-60-67(58-82-69(74)52-44-36-30-29-34-42-50-64(7)8)88-71(76)54-46-38-28-22-21-25-33-41-49-63(5)6/h61-67,72H,9-60H2,1-8H3,(H,77,78)(H,79,80)/t65-,66-,67-/m1/s1. The Kier molecular flexibility index (Phi) is 59.4. The highest BCUT2D eigenvalue weighted by Crippen LogP contribution is 2.45. The molecule has 0 aliphatic heterocycles. The molecule has 0 spiro atoms. The van der Waals surface area contributed by atoms with Crippen molar-refractivity contribution in [1.82, 2.24) is 0 Å². The van der Waals surface area contributed by atoms with Gasteiger partial charge in [-0.3, -0.25) is 37.3 Å². The summed E-state index contributed by atoms with van der Waals surface area (Å²) in [5.74, 6) is 0.813. The average Bonchev–Trinajstić information content (AvgIpc) is 3.01. The van der Waals surface area contributed by atoms with E-state index in [-0.39, 0.29) is 25.7 Å². The van der Waals surface area contributed by atoms with E-state index in [1.165, 1.54) is 148 Å². The lowest BCUT2D eigenvalue weighted by molar-refractivity contribution is -0.161. The minimum atomic E-state index is -4.95. The number of ether oxygens (including phenoxy) is 4. The van der Waals surface area contributed by atoms with Crippen LogP contribution in [-0.4, -0.2) is 96.7 Å². The molecular weight excluding hydrogens is 1190 g/mol. The third kappa shape index (κ3) is 64.8. The van der Waals surface area contributed by atoms with Crippen LogP contribution in [0.25, 0.3) is 0 Å². The lowest BCUT2D eigenvalue weighted by Gasteiger charge is -2.21. The molecule has 0 rings (SSSR count). The molecule has 0 fully saturated rings. The number of esters is 4. The van der Waals surface area contributed by atoms with Crippen molar-refractivity contribution in [2.45, 2.75) is 369 Å². The minimum Gasteiger partial charge on any atom is -0.462 e. The van der Waals surface area contributed by atoms with Crippen molar-refractivity contribution >= 4 is 39.5 Å². The maximum Gasteiger partial charge on any atom is 0.472 e. The molecule has 0 aromatic rings. The lowest BCUT2D eigenvalue weighted by atomic mass is 10.0. The van der Waals surface area contributed by atoms with E-state index in [9.17, 15) is 43.2 Å². The topological polar surface area (TPSA) is 237 Å². The van der Waals surface area contributed by atoms with E-state index in [2.05, 4.69) is 55.4 Å². The molecule has 0 saturated heterocycles.